The lowest BCUT2D eigenvalue weighted by atomic mass is 10.0. The molecule has 0 fully saturated rings. The summed E-state index contributed by atoms with van der Waals surface area (Å²) < 4.78 is 83.4. The molecular weight excluding hydrogens is 286 g/mol. The molecule has 0 rings (SSSR count). The van der Waals surface area contributed by atoms with Crippen LogP contribution in [0.3, 0.4) is 0 Å². The van der Waals surface area contributed by atoms with Gasteiger partial charge in [0.1, 0.15) is 6.61 Å². The Morgan fingerprint density at radius 2 is 1.63 bits per heavy atom. The monoisotopic (exact) mass is 296 g/mol. The van der Waals surface area contributed by atoms with E-state index in [1.54, 1.807) is 0 Å². The number of carboxylic acid groups (broad SMARTS) is 1. The van der Waals surface area contributed by atoms with Crippen molar-refractivity contribution in [3.63, 3.8) is 0 Å². The highest BCUT2D eigenvalue weighted by Crippen LogP contribution is 2.46. The Balaban J connectivity index is 5.26. The zero-order valence-corrected chi connectivity index (χ0v) is 9.35. The second kappa shape index (κ2) is 6.24. The van der Waals surface area contributed by atoms with Gasteiger partial charge in [0.2, 0.25) is 0 Å². The second-order valence-electron chi connectivity index (χ2n) is 3.31. The normalized spacial score (nSPS) is 13.4. The number of aliphatic carboxylic acids is 1. The van der Waals surface area contributed by atoms with Crippen LogP contribution in [0.25, 0.3) is 0 Å². The van der Waals surface area contributed by atoms with Crippen LogP contribution in [0, 0.1) is 0 Å². The van der Waals surface area contributed by atoms with E-state index in [0.29, 0.717) is 6.08 Å². The van der Waals surface area contributed by atoms with Crippen LogP contribution in [0.2, 0.25) is 0 Å². The molecule has 4 nitrogen and oxygen atoms in total. The maximum atomic E-state index is 12.6. The highest BCUT2D eigenvalue weighted by Gasteiger charge is 2.72. The molecule has 19 heavy (non-hydrogen) atoms. The summed E-state index contributed by atoms with van der Waals surface area (Å²) in [5.74, 6) is -1.71. The van der Waals surface area contributed by atoms with Gasteiger partial charge in [-0.05, 0) is 0 Å². The minimum Gasteiger partial charge on any atom is -0.480 e. The van der Waals surface area contributed by atoms with Crippen LogP contribution in [0.4, 0.5) is 26.3 Å². The summed E-state index contributed by atoms with van der Waals surface area (Å²) in [5.41, 5.74) is -4.59. The van der Waals surface area contributed by atoms with Gasteiger partial charge < -0.3 is 14.6 Å². The van der Waals surface area contributed by atoms with Crippen LogP contribution < -0.4 is 0 Å². The molecule has 0 unspecified atom stereocenters. The largest absolute Gasteiger partial charge is 0.480 e. The molecule has 0 bridgehead atoms. The number of hydrogen-bond acceptors (Lipinski definition) is 3. The molecule has 0 aliphatic heterocycles. The summed E-state index contributed by atoms with van der Waals surface area (Å²) in [5, 5.41) is 8.15. The number of halogens is 6. The fourth-order valence-electron chi connectivity index (χ4n) is 1.01. The van der Waals surface area contributed by atoms with Gasteiger partial charge in [-0.2, -0.15) is 26.3 Å². The second-order valence-corrected chi connectivity index (χ2v) is 3.31. The number of rotatable bonds is 7. The summed E-state index contributed by atoms with van der Waals surface area (Å²) in [6.45, 7) is -1.42. The third-order valence-electron chi connectivity index (χ3n) is 1.89. The molecule has 0 aromatic carbocycles. The standard InChI is InChI=1S/C9H10F6O4/c1-2-3-19-7(8(10,11)12,9(13,14)15)5-18-4-6(16)17/h2H,1,3-5H2,(H,16,17). The van der Waals surface area contributed by atoms with E-state index in [9.17, 15) is 31.1 Å². The molecule has 0 heterocycles. The molecule has 0 amide bonds. The molecule has 10 heteroatoms. The quantitative estimate of drug-likeness (QED) is 0.578. The first-order chi connectivity index (χ1) is 8.48. The van der Waals surface area contributed by atoms with Crippen molar-refractivity contribution in [1.29, 1.82) is 0 Å². The Morgan fingerprint density at radius 1 is 1.16 bits per heavy atom. The molecule has 0 aromatic rings. The van der Waals surface area contributed by atoms with Gasteiger partial charge in [-0.3, -0.25) is 0 Å². The van der Waals surface area contributed by atoms with Gasteiger partial charge in [-0.1, -0.05) is 6.08 Å². The van der Waals surface area contributed by atoms with E-state index in [4.69, 9.17) is 5.11 Å². The smallest absolute Gasteiger partial charge is 0.428 e. The molecule has 1 N–H and O–H groups in total. The van der Waals surface area contributed by atoms with Crippen LogP contribution in [0.1, 0.15) is 0 Å². The average molecular weight is 296 g/mol. The summed E-state index contributed by atoms with van der Waals surface area (Å²) in [6, 6.07) is 0. The van der Waals surface area contributed by atoms with E-state index in [1.165, 1.54) is 0 Å². The van der Waals surface area contributed by atoms with Gasteiger partial charge in [0, 0.05) is 0 Å². The molecule has 0 aliphatic carbocycles. The van der Waals surface area contributed by atoms with Gasteiger partial charge in [0.15, 0.2) is 0 Å². The average Bonchev–Trinajstić information content (AvgIpc) is 2.18. The molecule has 0 atom stereocenters. The van der Waals surface area contributed by atoms with Crippen molar-refractivity contribution < 1.29 is 45.7 Å². The predicted molar refractivity (Wildman–Crippen MR) is 49.4 cm³/mol. The minimum atomic E-state index is -5.83. The predicted octanol–water partition coefficient (Wildman–Crippen LogP) is 2.15. The van der Waals surface area contributed by atoms with Crippen LogP contribution >= 0.6 is 0 Å². The van der Waals surface area contributed by atoms with Crippen molar-refractivity contribution in [2.45, 2.75) is 18.0 Å². The van der Waals surface area contributed by atoms with Crippen LogP contribution in [0.5, 0.6) is 0 Å². The molecule has 0 saturated carbocycles. The van der Waals surface area contributed by atoms with E-state index in [0.717, 1.165) is 0 Å². The summed E-state index contributed by atoms with van der Waals surface area (Å²) in [7, 11) is 0. The maximum Gasteiger partial charge on any atom is 0.428 e. The molecule has 0 aliphatic rings. The Morgan fingerprint density at radius 3 is 1.95 bits per heavy atom. The number of carbonyl (C=O) groups is 1. The van der Waals surface area contributed by atoms with Gasteiger partial charge >= 0.3 is 18.3 Å². The number of ether oxygens (including phenoxy) is 2. The zero-order chi connectivity index (χ0) is 15.3. The van der Waals surface area contributed by atoms with Crippen molar-refractivity contribution in [3.05, 3.63) is 12.7 Å². The van der Waals surface area contributed by atoms with Gasteiger partial charge in [-0.25, -0.2) is 4.79 Å². The Labute approximate surface area is 103 Å². The maximum absolute atomic E-state index is 12.6. The highest BCUT2D eigenvalue weighted by atomic mass is 19.4. The first-order valence-corrected chi connectivity index (χ1v) is 4.66. The molecule has 112 valence electrons. The van der Waals surface area contributed by atoms with Crippen molar-refractivity contribution in [3.8, 4) is 0 Å². The SMILES string of the molecule is C=CCOC(COCC(=O)O)(C(F)(F)F)C(F)(F)F. The van der Waals surface area contributed by atoms with Gasteiger partial charge in [0.25, 0.3) is 5.60 Å². The third-order valence-corrected chi connectivity index (χ3v) is 1.89. The number of alkyl halides is 6. The fraction of sp³-hybridized carbons (Fsp3) is 0.667. The van der Waals surface area contributed by atoms with Crippen molar-refractivity contribution in [2.75, 3.05) is 19.8 Å². The zero-order valence-electron chi connectivity index (χ0n) is 9.35. The van der Waals surface area contributed by atoms with Crippen molar-refractivity contribution in [2.24, 2.45) is 0 Å². The first-order valence-electron chi connectivity index (χ1n) is 4.66. The minimum absolute atomic E-state index is 0.698. The molecule has 0 spiro atoms. The van der Waals surface area contributed by atoms with E-state index in [1.807, 2.05) is 0 Å². The summed E-state index contributed by atoms with van der Waals surface area (Å²) >= 11 is 0. The number of hydrogen-bond donors (Lipinski definition) is 1. The molecular formula is C9H10F6O4. The van der Waals surface area contributed by atoms with E-state index < -0.39 is 43.7 Å². The summed E-state index contributed by atoms with van der Waals surface area (Å²) in [6.07, 6.45) is -11.0. The van der Waals surface area contributed by atoms with Crippen molar-refractivity contribution in [1.82, 2.24) is 0 Å². The van der Waals surface area contributed by atoms with E-state index in [2.05, 4.69) is 16.1 Å². The lowest BCUT2D eigenvalue weighted by Gasteiger charge is -2.36. The first kappa shape index (κ1) is 17.7. The number of carboxylic acids is 1. The topological polar surface area (TPSA) is 55.8 Å². The molecule has 0 saturated heterocycles. The van der Waals surface area contributed by atoms with Crippen LogP contribution in [0.15, 0.2) is 12.7 Å². The summed E-state index contributed by atoms with van der Waals surface area (Å²) in [4.78, 5) is 10.1. The van der Waals surface area contributed by atoms with Gasteiger partial charge in [-0.15, -0.1) is 6.58 Å². The van der Waals surface area contributed by atoms with Gasteiger partial charge in [0.05, 0.1) is 13.2 Å². The highest BCUT2D eigenvalue weighted by molar-refractivity contribution is 5.68. The Bertz CT molecular complexity index is 308. The van der Waals surface area contributed by atoms with Crippen molar-refractivity contribution >= 4 is 5.97 Å². The van der Waals surface area contributed by atoms with Crippen LogP contribution in [-0.2, 0) is 14.3 Å². The lowest BCUT2D eigenvalue weighted by molar-refractivity contribution is -0.388. The van der Waals surface area contributed by atoms with E-state index >= 15 is 0 Å². The molecule has 0 aromatic heterocycles. The van der Waals surface area contributed by atoms with Crippen LogP contribution in [-0.4, -0.2) is 48.9 Å². The van der Waals surface area contributed by atoms with E-state index in [-0.39, 0.29) is 0 Å². The third kappa shape index (κ3) is 4.39. The Kier molecular flexibility index (Phi) is 5.82. The fourth-order valence-corrected chi connectivity index (χ4v) is 1.01. The molecule has 0 radical (unpaired) electrons. The Hall–Kier alpha value is -1.29. The lowest BCUT2D eigenvalue weighted by Crippen LogP contribution is -2.62.